The molecule has 0 heterocycles. The van der Waals surface area contributed by atoms with Gasteiger partial charge >= 0.3 is 0 Å². The summed E-state index contributed by atoms with van der Waals surface area (Å²) in [6.07, 6.45) is 0. The van der Waals surface area contributed by atoms with E-state index in [0.717, 1.165) is 31.7 Å². The summed E-state index contributed by atoms with van der Waals surface area (Å²) >= 11 is 5.65. The first-order chi connectivity index (χ1) is 8.49. The van der Waals surface area contributed by atoms with Gasteiger partial charge in [-0.05, 0) is 37.2 Å². The maximum atomic E-state index is 13.3. The summed E-state index contributed by atoms with van der Waals surface area (Å²) in [7, 11) is 2.03. The second kappa shape index (κ2) is 7.72. The van der Waals surface area contributed by atoms with Gasteiger partial charge < -0.3 is 10.2 Å². The van der Waals surface area contributed by atoms with Crippen LogP contribution in [-0.2, 0) is 6.54 Å². The Balaban J connectivity index is 2.31. The number of hydrogen-bond acceptors (Lipinski definition) is 2. The summed E-state index contributed by atoms with van der Waals surface area (Å²) in [5, 5.41) is 3.57. The van der Waals surface area contributed by atoms with Gasteiger partial charge in [0.05, 0.1) is 5.02 Å². The highest BCUT2D eigenvalue weighted by molar-refractivity contribution is 6.30. The minimum atomic E-state index is -0.347. The van der Waals surface area contributed by atoms with E-state index in [4.69, 9.17) is 11.6 Å². The average molecular weight is 273 g/mol. The van der Waals surface area contributed by atoms with Crippen molar-refractivity contribution in [2.24, 2.45) is 5.92 Å². The Morgan fingerprint density at radius 1 is 1.39 bits per heavy atom. The first kappa shape index (κ1) is 15.4. The molecule has 0 saturated heterocycles. The molecule has 1 aromatic carbocycles. The minimum Gasteiger partial charge on any atom is -0.315 e. The van der Waals surface area contributed by atoms with E-state index in [2.05, 4.69) is 24.1 Å². The summed E-state index contributed by atoms with van der Waals surface area (Å²) in [5.74, 6) is 0.321. The van der Waals surface area contributed by atoms with Gasteiger partial charge in [-0.3, -0.25) is 0 Å². The predicted molar refractivity (Wildman–Crippen MR) is 75.5 cm³/mol. The SMILES string of the molecule is CC(C)CNCCN(C)Cc1ccc(Cl)c(F)c1. The molecule has 1 N–H and O–H groups in total. The topological polar surface area (TPSA) is 15.3 Å². The molecule has 0 atom stereocenters. The van der Waals surface area contributed by atoms with E-state index in [9.17, 15) is 4.39 Å². The highest BCUT2D eigenvalue weighted by Crippen LogP contribution is 2.16. The first-order valence-electron chi connectivity index (χ1n) is 6.32. The van der Waals surface area contributed by atoms with Crippen LogP contribution in [-0.4, -0.2) is 31.6 Å². The van der Waals surface area contributed by atoms with E-state index in [0.29, 0.717) is 5.92 Å². The maximum Gasteiger partial charge on any atom is 0.142 e. The van der Waals surface area contributed by atoms with Crippen molar-refractivity contribution in [2.75, 3.05) is 26.7 Å². The van der Waals surface area contributed by atoms with Crippen LogP contribution in [0.25, 0.3) is 0 Å². The lowest BCUT2D eigenvalue weighted by atomic mass is 10.2. The molecule has 4 heteroatoms. The molecule has 0 unspecified atom stereocenters. The molecule has 18 heavy (non-hydrogen) atoms. The van der Waals surface area contributed by atoms with Gasteiger partial charge in [0.25, 0.3) is 0 Å². The molecule has 0 aliphatic heterocycles. The van der Waals surface area contributed by atoms with Gasteiger partial charge in [0.15, 0.2) is 0 Å². The molecule has 0 spiro atoms. The highest BCUT2D eigenvalue weighted by Gasteiger charge is 2.04. The Kier molecular flexibility index (Phi) is 6.61. The molecule has 0 amide bonds. The van der Waals surface area contributed by atoms with E-state index in [1.807, 2.05) is 13.1 Å². The summed E-state index contributed by atoms with van der Waals surface area (Å²) in [6, 6.07) is 4.97. The number of nitrogens with one attached hydrogen (secondary N) is 1. The van der Waals surface area contributed by atoms with Crippen molar-refractivity contribution in [1.29, 1.82) is 0 Å². The zero-order valence-electron chi connectivity index (χ0n) is 11.3. The van der Waals surface area contributed by atoms with Crippen LogP contribution in [0.1, 0.15) is 19.4 Å². The monoisotopic (exact) mass is 272 g/mol. The molecule has 2 nitrogen and oxygen atoms in total. The van der Waals surface area contributed by atoms with Crippen molar-refractivity contribution in [3.63, 3.8) is 0 Å². The summed E-state index contributed by atoms with van der Waals surface area (Å²) in [6.45, 7) is 8.03. The lowest BCUT2D eigenvalue weighted by Crippen LogP contribution is -2.30. The minimum absolute atomic E-state index is 0.181. The molecular weight excluding hydrogens is 251 g/mol. The van der Waals surface area contributed by atoms with Crippen LogP contribution in [0.3, 0.4) is 0 Å². The molecule has 0 radical (unpaired) electrons. The van der Waals surface area contributed by atoms with Gasteiger partial charge in [0.2, 0.25) is 0 Å². The summed E-state index contributed by atoms with van der Waals surface area (Å²) in [4.78, 5) is 2.16. The Hall–Kier alpha value is -0.640. The Morgan fingerprint density at radius 2 is 2.11 bits per heavy atom. The predicted octanol–water partition coefficient (Wildman–Crippen LogP) is 3.16. The quantitative estimate of drug-likeness (QED) is 0.767. The fourth-order valence-corrected chi connectivity index (χ4v) is 1.81. The van der Waals surface area contributed by atoms with Crippen LogP contribution in [0.15, 0.2) is 18.2 Å². The number of halogens is 2. The van der Waals surface area contributed by atoms with E-state index in [1.54, 1.807) is 6.07 Å². The molecule has 0 saturated carbocycles. The molecule has 1 rings (SSSR count). The van der Waals surface area contributed by atoms with Crippen molar-refractivity contribution in [3.05, 3.63) is 34.6 Å². The Bertz CT molecular complexity index is 369. The maximum absolute atomic E-state index is 13.3. The Labute approximate surface area is 114 Å². The molecule has 102 valence electrons. The second-order valence-electron chi connectivity index (χ2n) is 5.08. The smallest absolute Gasteiger partial charge is 0.142 e. The van der Waals surface area contributed by atoms with Crippen molar-refractivity contribution < 1.29 is 4.39 Å². The molecular formula is C14H22ClFN2. The van der Waals surface area contributed by atoms with Crippen LogP contribution in [0, 0.1) is 11.7 Å². The van der Waals surface area contributed by atoms with Crippen LogP contribution >= 0.6 is 11.6 Å². The van der Waals surface area contributed by atoms with Gasteiger partial charge in [0.1, 0.15) is 5.82 Å². The standard InChI is InChI=1S/C14H22ClFN2/c1-11(2)9-17-6-7-18(3)10-12-4-5-13(15)14(16)8-12/h4-5,8,11,17H,6-7,9-10H2,1-3H3. The van der Waals surface area contributed by atoms with Crippen LogP contribution in [0.4, 0.5) is 4.39 Å². The highest BCUT2D eigenvalue weighted by atomic mass is 35.5. The van der Waals surface area contributed by atoms with E-state index < -0.39 is 0 Å². The van der Waals surface area contributed by atoms with E-state index >= 15 is 0 Å². The fraction of sp³-hybridized carbons (Fsp3) is 0.571. The van der Waals surface area contributed by atoms with Gasteiger partial charge in [-0.1, -0.05) is 31.5 Å². The van der Waals surface area contributed by atoms with Crippen LogP contribution < -0.4 is 5.32 Å². The number of nitrogens with zero attached hydrogens (tertiary/aromatic N) is 1. The third-order valence-corrected chi connectivity index (χ3v) is 2.97. The largest absolute Gasteiger partial charge is 0.315 e. The summed E-state index contributed by atoms with van der Waals surface area (Å²) < 4.78 is 13.3. The first-order valence-corrected chi connectivity index (χ1v) is 6.70. The van der Waals surface area contributed by atoms with Gasteiger partial charge in [-0.25, -0.2) is 4.39 Å². The van der Waals surface area contributed by atoms with Crippen molar-refractivity contribution in [3.8, 4) is 0 Å². The number of likely N-dealkylation sites (N-methyl/N-ethyl adjacent to an activating group) is 1. The fourth-order valence-electron chi connectivity index (χ4n) is 1.69. The number of rotatable bonds is 7. The number of benzene rings is 1. The van der Waals surface area contributed by atoms with Crippen LogP contribution in [0.5, 0.6) is 0 Å². The third-order valence-electron chi connectivity index (χ3n) is 2.66. The van der Waals surface area contributed by atoms with E-state index in [-0.39, 0.29) is 10.8 Å². The second-order valence-corrected chi connectivity index (χ2v) is 5.49. The lowest BCUT2D eigenvalue weighted by Gasteiger charge is -2.17. The van der Waals surface area contributed by atoms with Gasteiger partial charge in [-0.15, -0.1) is 0 Å². The summed E-state index contributed by atoms with van der Waals surface area (Å²) in [5.41, 5.74) is 0.947. The van der Waals surface area contributed by atoms with Crippen LogP contribution in [0.2, 0.25) is 5.02 Å². The van der Waals surface area contributed by atoms with Crippen molar-refractivity contribution >= 4 is 11.6 Å². The van der Waals surface area contributed by atoms with Gasteiger partial charge in [0, 0.05) is 19.6 Å². The number of hydrogen-bond donors (Lipinski definition) is 1. The molecule has 0 fully saturated rings. The Morgan fingerprint density at radius 3 is 2.72 bits per heavy atom. The normalized spacial score (nSPS) is 11.5. The average Bonchev–Trinajstić information content (AvgIpc) is 2.29. The van der Waals surface area contributed by atoms with Crippen molar-refractivity contribution in [1.82, 2.24) is 10.2 Å². The third kappa shape index (κ3) is 5.80. The van der Waals surface area contributed by atoms with Crippen molar-refractivity contribution in [2.45, 2.75) is 20.4 Å². The molecule has 0 aliphatic rings. The lowest BCUT2D eigenvalue weighted by molar-refractivity contribution is 0.321. The molecule has 0 aliphatic carbocycles. The van der Waals surface area contributed by atoms with Gasteiger partial charge in [-0.2, -0.15) is 0 Å². The molecule has 0 bridgehead atoms. The van der Waals surface area contributed by atoms with E-state index in [1.165, 1.54) is 6.07 Å². The molecule has 0 aromatic heterocycles. The molecule has 1 aromatic rings. The zero-order chi connectivity index (χ0) is 13.5. The zero-order valence-corrected chi connectivity index (χ0v) is 12.1.